The topological polar surface area (TPSA) is 26.3 Å². The Kier molecular flexibility index (Phi) is 2.63. The van der Waals surface area contributed by atoms with Crippen LogP contribution in [-0.2, 0) is 9.53 Å². The molecule has 0 amide bonds. The van der Waals surface area contributed by atoms with E-state index >= 15 is 0 Å². The molecular weight excluding hydrogens is 232 g/mol. The summed E-state index contributed by atoms with van der Waals surface area (Å²) in [5.41, 5.74) is 0. The molecule has 0 bridgehead atoms. The Bertz CT molecular complexity index is 521. The van der Waals surface area contributed by atoms with Crippen molar-refractivity contribution in [3.8, 4) is 0 Å². The van der Waals surface area contributed by atoms with E-state index in [1.165, 1.54) is 17.2 Å². The Hall–Kier alpha value is -1.35. The maximum atomic E-state index is 11.9. The number of carbonyl (C=O) groups is 1. The first-order valence-electron chi connectivity index (χ1n) is 5.86. The van der Waals surface area contributed by atoms with Gasteiger partial charge >= 0.3 is 5.97 Å². The van der Waals surface area contributed by atoms with Gasteiger partial charge in [-0.15, -0.1) is 11.3 Å². The first-order chi connectivity index (χ1) is 8.29. The van der Waals surface area contributed by atoms with E-state index in [-0.39, 0.29) is 11.9 Å². The zero-order chi connectivity index (χ0) is 11.8. The number of methoxy groups -OCH3 is 1. The molecule has 3 heteroatoms. The van der Waals surface area contributed by atoms with Crippen molar-refractivity contribution in [2.24, 2.45) is 5.92 Å². The van der Waals surface area contributed by atoms with Crippen molar-refractivity contribution in [1.29, 1.82) is 0 Å². The SMILES string of the molecule is COC(=O)C(c1cc2ccccc2s1)C1CC1. The van der Waals surface area contributed by atoms with E-state index in [2.05, 4.69) is 18.2 Å². The molecule has 0 radical (unpaired) electrons. The average Bonchev–Trinajstić information content (AvgIpc) is 3.08. The summed E-state index contributed by atoms with van der Waals surface area (Å²) in [5.74, 6) is 0.368. The Morgan fingerprint density at radius 2 is 2.18 bits per heavy atom. The lowest BCUT2D eigenvalue weighted by atomic mass is 10.0. The van der Waals surface area contributed by atoms with Crippen molar-refractivity contribution in [3.63, 3.8) is 0 Å². The van der Waals surface area contributed by atoms with Gasteiger partial charge in [0.05, 0.1) is 13.0 Å². The molecule has 1 saturated carbocycles. The summed E-state index contributed by atoms with van der Waals surface area (Å²) in [6.07, 6.45) is 2.29. The van der Waals surface area contributed by atoms with Gasteiger partial charge in [0.1, 0.15) is 0 Å². The van der Waals surface area contributed by atoms with Crippen LogP contribution >= 0.6 is 11.3 Å². The summed E-state index contributed by atoms with van der Waals surface area (Å²) in [4.78, 5) is 13.0. The first kappa shape index (κ1) is 10.8. The van der Waals surface area contributed by atoms with Gasteiger partial charge in [-0.25, -0.2) is 0 Å². The van der Waals surface area contributed by atoms with Crippen molar-refractivity contribution in [1.82, 2.24) is 0 Å². The van der Waals surface area contributed by atoms with E-state index in [0.29, 0.717) is 5.92 Å². The lowest BCUT2D eigenvalue weighted by molar-refractivity contribution is -0.142. The Balaban J connectivity index is 2.02. The predicted molar refractivity (Wildman–Crippen MR) is 69.3 cm³/mol. The standard InChI is InChI=1S/C14H14O2S/c1-16-14(15)13(9-6-7-9)12-8-10-4-2-3-5-11(10)17-12/h2-5,8-9,13H,6-7H2,1H3. The van der Waals surface area contributed by atoms with Gasteiger partial charge in [0.25, 0.3) is 0 Å². The molecular formula is C14H14O2S. The van der Waals surface area contributed by atoms with E-state index in [0.717, 1.165) is 17.7 Å². The highest BCUT2D eigenvalue weighted by Gasteiger charge is 2.39. The maximum absolute atomic E-state index is 11.9. The van der Waals surface area contributed by atoms with Crippen LogP contribution in [0.2, 0.25) is 0 Å². The highest BCUT2D eigenvalue weighted by atomic mass is 32.1. The molecule has 0 saturated heterocycles. The van der Waals surface area contributed by atoms with Gasteiger partial charge in [0, 0.05) is 9.58 Å². The summed E-state index contributed by atoms with van der Waals surface area (Å²) >= 11 is 1.72. The Morgan fingerprint density at radius 3 is 2.82 bits per heavy atom. The molecule has 0 spiro atoms. The molecule has 1 aliphatic rings. The molecule has 1 fully saturated rings. The largest absolute Gasteiger partial charge is 0.469 e. The molecule has 1 aliphatic carbocycles. The third kappa shape index (κ3) is 1.95. The van der Waals surface area contributed by atoms with Crippen LogP contribution in [-0.4, -0.2) is 13.1 Å². The molecule has 1 aromatic heterocycles. The van der Waals surface area contributed by atoms with E-state index < -0.39 is 0 Å². The number of hydrogen-bond acceptors (Lipinski definition) is 3. The van der Waals surface area contributed by atoms with Crippen LogP contribution in [0.15, 0.2) is 30.3 Å². The molecule has 3 rings (SSSR count). The minimum Gasteiger partial charge on any atom is -0.469 e. The fourth-order valence-electron chi connectivity index (χ4n) is 2.25. The van der Waals surface area contributed by atoms with Crippen LogP contribution in [0.4, 0.5) is 0 Å². The second kappa shape index (κ2) is 4.15. The zero-order valence-electron chi connectivity index (χ0n) is 9.68. The molecule has 0 aliphatic heterocycles. The van der Waals surface area contributed by atoms with E-state index in [1.54, 1.807) is 11.3 Å². The zero-order valence-corrected chi connectivity index (χ0v) is 10.5. The summed E-state index contributed by atoms with van der Waals surface area (Å²) in [7, 11) is 1.48. The third-order valence-corrected chi connectivity index (χ3v) is 4.50. The van der Waals surface area contributed by atoms with E-state index in [1.807, 2.05) is 12.1 Å². The van der Waals surface area contributed by atoms with Crippen LogP contribution in [0, 0.1) is 5.92 Å². The fourth-order valence-corrected chi connectivity index (χ4v) is 3.50. The van der Waals surface area contributed by atoms with Gasteiger partial charge in [-0.3, -0.25) is 4.79 Å². The van der Waals surface area contributed by atoms with Gasteiger partial charge in [-0.05, 0) is 36.3 Å². The molecule has 2 aromatic rings. The lowest BCUT2D eigenvalue weighted by Crippen LogP contribution is -2.14. The molecule has 2 nitrogen and oxygen atoms in total. The highest BCUT2D eigenvalue weighted by molar-refractivity contribution is 7.19. The van der Waals surface area contributed by atoms with Gasteiger partial charge in [0.2, 0.25) is 0 Å². The molecule has 1 unspecified atom stereocenters. The molecule has 88 valence electrons. The van der Waals surface area contributed by atoms with Crippen LogP contribution in [0.1, 0.15) is 23.6 Å². The second-order valence-electron chi connectivity index (χ2n) is 4.52. The van der Waals surface area contributed by atoms with E-state index in [9.17, 15) is 4.79 Å². The smallest absolute Gasteiger partial charge is 0.314 e. The molecule has 1 atom stereocenters. The van der Waals surface area contributed by atoms with Gasteiger partial charge < -0.3 is 4.74 Å². The predicted octanol–water partition coefficient (Wildman–Crippen LogP) is 3.57. The number of benzene rings is 1. The van der Waals surface area contributed by atoms with Crippen LogP contribution in [0.5, 0.6) is 0 Å². The van der Waals surface area contributed by atoms with Crippen molar-refractivity contribution >= 4 is 27.4 Å². The lowest BCUT2D eigenvalue weighted by Gasteiger charge is -2.10. The molecule has 1 aromatic carbocycles. The van der Waals surface area contributed by atoms with Gasteiger partial charge in [-0.2, -0.15) is 0 Å². The molecule has 1 heterocycles. The number of carbonyl (C=O) groups excluding carboxylic acids is 1. The number of thiophene rings is 1. The number of esters is 1. The van der Waals surface area contributed by atoms with E-state index in [4.69, 9.17) is 4.74 Å². The van der Waals surface area contributed by atoms with Crippen LogP contribution in [0.25, 0.3) is 10.1 Å². The van der Waals surface area contributed by atoms with Crippen molar-refractivity contribution in [2.75, 3.05) is 7.11 Å². The Labute approximate surface area is 104 Å². The molecule has 17 heavy (non-hydrogen) atoms. The minimum absolute atomic E-state index is 0.0441. The monoisotopic (exact) mass is 246 g/mol. The number of rotatable bonds is 3. The van der Waals surface area contributed by atoms with Crippen molar-refractivity contribution in [2.45, 2.75) is 18.8 Å². The number of hydrogen-bond donors (Lipinski definition) is 0. The number of fused-ring (bicyclic) bond motifs is 1. The minimum atomic E-state index is -0.0842. The van der Waals surface area contributed by atoms with Crippen LogP contribution < -0.4 is 0 Å². The summed E-state index contributed by atoms with van der Waals surface area (Å²) in [6, 6.07) is 10.4. The fraction of sp³-hybridized carbons (Fsp3) is 0.357. The normalized spacial score (nSPS) is 17.0. The van der Waals surface area contributed by atoms with Gasteiger partial charge in [0.15, 0.2) is 0 Å². The molecule has 0 N–H and O–H groups in total. The maximum Gasteiger partial charge on any atom is 0.314 e. The highest BCUT2D eigenvalue weighted by Crippen LogP contribution is 2.46. The van der Waals surface area contributed by atoms with Crippen molar-refractivity contribution in [3.05, 3.63) is 35.2 Å². The number of ether oxygens (including phenoxy) is 1. The van der Waals surface area contributed by atoms with Crippen LogP contribution in [0.3, 0.4) is 0 Å². The summed E-state index contributed by atoms with van der Waals surface area (Å²) in [5, 5.41) is 1.22. The average molecular weight is 246 g/mol. The summed E-state index contributed by atoms with van der Waals surface area (Å²) < 4.78 is 6.18. The third-order valence-electron chi connectivity index (χ3n) is 3.30. The van der Waals surface area contributed by atoms with Gasteiger partial charge in [-0.1, -0.05) is 18.2 Å². The van der Waals surface area contributed by atoms with Crippen molar-refractivity contribution < 1.29 is 9.53 Å². The Morgan fingerprint density at radius 1 is 1.41 bits per heavy atom. The first-order valence-corrected chi connectivity index (χ1v) is 6.67. The second-order valence-corrected chi connectivity index (χ2v) is 5.64. The quantitative estimate of drug-likeness (QED) is 0.774. The summed E-state index contributed by atoms with van der Waals surface area (Å²) in [6.45, 7) is 0.